The number of nitrogens with zero attached hydrogens (tertiary/aromatic N) is 1. The predicted octanol–water partition coefficient (Wildman–Crippen LogP) is 8.41. The van der Waals surface area contributed by atoms with Gasteiger partial charge in [-0.25, -0.2) is 0 Å². The first-order valence-corrected chi connectivity index (χ1v) is 19.4. The zero-order valence-electron chi connectivity index (χ0n) is 31.7. The van der Waals surface area contributed by atoms with Crippen LogP contribution in [0.2, 0.25) is 0 Å². The maximum atomic E-state index is 12.6. The minimum absolute atomic E-state index is 0.0378. The van der Waals surface area contributed by atoms with Crippen LogP contribution in [0.25, 0.3) is 0 Å². The molecule has 0 saturated carbocycles. The van der Waals surface area contributed by atoms with Crippen LogP contribution in [0.5, 0.6) is 0 Å². The maximum Gasteiger partial charge on any atom is 0.306 e. The van der Waals surface area contributed by atoms with Gasteiger partial charge in [-0.1, -0.05) is 122 Å². The van der Waals surface area contributed by atoms with Gasteiger partial charge in [0.1, 0.15) is 12.6 Å². The number of likely N-dealkylation sites (N-methyl/N-ethyl adjacent to an activating group) is 1. The Balaban J connectivity index is 4.43. The Bertz CT molecular complexity index is 849. The summed E-state index contributed by atoms with van der Waals surface area (Å²) in [7, 11) is 5.39. The van der Waals surface area contributed by atoms with E-state index in [0.717, 1.165) is 64.2 Å². The van der Waals surface area contributed by atoms with Crippen molar-refractivity contribution in [1.82, 2.24) is 0 Å². The number of rotatable bonds is 34. The number of esters is 2. The molecule has 0 aromatic heterocycles. The average Bonchev–Trinajstić information content (AvgIpc) is 3.03. The molecular formula is C40H73NO7. The number of carboxylic acids is 1. The molecule has 0 aromatic rings. The summed E-state index contributed by atoms with van der Waals surface area (Å²) in [4.78, 5) is 36.6. The van der Waals surface area contributed by atoms with Crippen LogP contribution in [0.3, 0.4) is 0 Å². The SMILES string of the molecule is CCCCC/C=C\C/C=C\CCCCCCCC(=O)OC(COCCC(C(=O)[O-])[N+](C)(C)C)COC(=O)CCCCCCCCCCC. The molecule has 0 rings (SSSR count). The molecule has 0 radical (unpaired) electrons. The molecule has 0 N–H and O–H groups in total. The largest absolute Gasteiger partial charge is 0.544 e. The van der Waals surface area contributed by atoms with Crippen LogP contribution < -0.4 is 5.11 Å². The van der Waals surface area contributed by atoms with E-state index in [1.54, 1.807) is 21.1 Å². The van der Waals surface area contributed by atoms with Crippen LogP contribution in [0, 0.1) is 0 Å². The van der Waals surface area contributed by atoms with E-state index >= 15 is 0 Å². The van der Waals surface area contributed by atoms with Crippen LogP contribution in [0.15, 0.2) is 24.3 Å². The van der Waals surface area contributed by atoms with Gasteiger partial charge in [0.2, 0.25) is 0 Å². The minimum atomic E-state index is -1.13. The lowest BCUT2D eigenvalue weighted by atomic mass is 10.1. The van der Waals surface area contributed by atoms with Gasteiger partial charge in [0.15, 0.2) is 6.10 Å². The molecule has 0 saturated heterocycles. The molecule has 0 aromatic carbocycles. The summed E-state index contributed by atoms with van der Waals surface area (Å²) < 4.78 is 17.1. The molecule has 0 fully saturated rings. The van der Waals surface area contributed by atoms with E-state index in [2.05, 4.69) is 38.2 Å². The van der Waals surface area contributed by atoms with Crippen molar-refractivity contribution in [3.8, 4) is 0 Å². The summed E-state index contributed by atoms with van der Waals surface area (Å²) in [6.45, 7) is 4.59. The molecule has 8 heteroatoms. The van der Waals surface area contributed by atoms with Crippen LogP contribution in [-0.2, 0) is 28.6 Å². The molecule has 280 valence electrons. The van der Waals surface area contributed by atoms with Gasteiger partial charge in [-0.15, -0.1) is 0 Å². The van der Waals surface area contributed by atoms with Gasteiger partial charge >= 0.3 is 11.9 Å². The highest BCUT2D eigenvalue weighted by molar-refractivity contribution is 5.70. The second kappa shape index (κ2) is 32.0. The Kier molecular flexibility index (Phi) is 30.6. The number of carboxylic acid groups (broad SMARTS) is 1. The number of aliphatic carboxylic acids is 1. The molecule has 0 amide bonds. The van der Waals surface area contributed by atoms with Gasteiger partial charge in [0.05, 0.1) is 40.3 Å². The highest BCUT2D eigenvalue weighted by Gasteiger charge is 2.25. The van der Waals surface area contributed by atoms with Crippen molar-refractivity contribution in [2.45, 2.75) is 174 Å². The summed E-state index contributed by atoms with van der Waals surface area (Å²) in [5.41, 5.74) is 0. The van der Waals surface area contributed by atoms with Crippen LogP contribution in [-0.4, -0.2) is 75.5 Å². The smallest absolute Gasteiger partial charge is 0.306 e. The Labute approximate surface area is 294 Å². The molecule has 0 aliphatic heterocycles. The summed E-state index contributed by atoms with van der Waals surface area (Å²) in [5, 5.41) is 11.6. The minimum Gasteiger partial charge on any atom is -0.544 e. The van der Waals surface area contributed by atoms with Crippen LogP contribution >= 0.6 is 0 Å². The molecule has 2 unspecified atom stereocenters. The molecule has 0 bridgehead atoms. The Morgan fingerprint density at radius 1 is 0.625 bits per heavy atom. The Hall–Kier alpha value is -2.19. The fourth-order valence-corrected chi connectivity index (χ4v) is 5.51. The first-order chi connectivity index (χ1) is 23.1. The van der Waals surface area contributed by atoms with Crippen LogP contribution in [0.4, 0.5) is 0 Å². The molecular weight excluding hydrogens is 606 g/mol. The molecule has 0 aliphatic rings. The lowest BCUT2D eigenvalue weighted by molar-refractivity contribution is -0.889. The third kappa shape index (κ3) is 29.9. The second-order valence-electron chi connectivity index (χ2n) is 14.2. The molecule has 48 heavy (non-hydrogen) atoms. The van der Waals surface area contributed by atoms with E-state index in [1.165, 1.54) is 64.2 Å². The number of hydrogen-bond donors (Lipinski definition) is 0. The number of unbranched alkanes of at least 4 members (excludes halogenated alkanes) is 16. The normalized spacial score (nSPS) is 13.3. The van der Waals surface area contributed by atoms with Gasteiger partial charge in [0, 0.05) is 19.3 Å². The van der Waals surface area contributed by atoms with Gasteiger partial charge < -0.3 is 28.6 Å². The van der Waals surface area contributed by atoms with Gasteiger partial charge in [-0.3, -0.25) is 9.59 Å². The van der Waals surface area contributed by atoms with Crippen LogP contribution in [0.1, 0.15) is 162 Å². The quantitative estimate of drug-likeness (QED) is 0.0291. The Morgan fingerprint density at radius 2 is 1.10 bits per heavy atom. The van der Waals surface area contributed by atoms with Gasteiger partial charge in [-0.05, 0) is 44.9 Å². The van der Waals surface area contributed by atoms with Crippen molar-refractivity contribution in [2.75, 3.05) is 41.0 Å². The standard InChI is InChI=1S/C40H73NO7/c1-6-8-10-12-14-16-17-18-19-20-21-23-25-27-29-31-39(43)48-36(34-46-33-32-37(40(44)45)41(3,4)5)35-47-38(42)30-28-26-24-22-15-13-11-9-7-2/h14,16,18-19,36-37H,6-13,15,17,20-35H2,1-5H3/b16-14-,19-18-. The van der Waals surface area contributed by atoms with E-state index in [4.69, 9.17) is 14.2 Å². The molecule has 2 atom stereocenters. The highest BCUT2D eigenvalue weighted by atomic mass is 16.6. The summed E-state index contributed by atoms with van der Waals surface area (Å²) in [6, 6.07) is -0.724. The number of ether oxygens (including phenoxy) is 3. The maximum absolute atomic E-state index is 12.6. The third-order valence-electron chi connectivity index (χ3n) is 8.59. The van der Waals surface area contributed by atoms with E-state index in [1.807, 2.05) is 0 Å². The molecule has 0 heterocycles. The topological polar surface area (TPSA) is 102 Å². The molecule has 0 spiro atoms. The summed E-state index contributed by atoms with van der Waals surface area (Å²) in [6.07, 6.45) is 32.0. The zero-order valence-corrected chi connectivity index (χ0v) is 31.7. The van der Waals surface area contributed by atoms with E-state index in [9.17, 15) is 19.5 Å². The molecule has 8 nitrogen and oxygen atoms in total. The van der Waals surface area contributed by atoms with E-state index in [-0.39, 0.29) is 42.7 Å². The van der Waals surface area contributed by atoms with Crippen molar-refractivity contribution in [3.63, 3.8) is 0 Å². The van der Waals surface area contributed by atoms with Crippen molar-refractivity contribution < 1.29 is 38.2 Å². The predicted molar refractivity (Wildman–Crippen MR) is 194 cm³/mol. The zero-order chi connectivity index (χ0) is 35.7. The van der Waals surface area contributed by atoms with E-state index in [0.29, 0.717) is 12.8 Å². The number of quaternary nitrogens is 1. The second-order valence-corrected chi connectivity index (χ2v) is 14.2. The Morgan fingerprint density at radius 3 is 1.65 bits per heavy atom. The fraction of sp³-hybridized carbons (Fsp3) is 0.825. The number of hydrogen-bond acceptors (Lipinski definition) is 7. The summed E-state index contributed by atoms with van der Waals surface area (Å²) in [5.74, 6) is -1.75. The van der Waals surface area contributed by atoms with Crippen molar-refractivity contribution in [2.24, 2.45) is 0 Å². The number of carbonyl (C=O) groups excluding carboxylic acids is 3. The third-order valence-corrected chi connectivity index (χ3v) is 8.59. The average molecular weight is 680 g/mol. The highest BCUT2D eigenvalue weighted by Crippen LogP contribution is 2.13. The first-order valence-electron chi connectivity index (χ1n) is 19.4. The van der Waals surface area contributed by atoms with Crippen molar-refractivity contribution >= 4 is 17.9 Å². The lowest BCUT2D eigenvalue weighted by Crippen LogP contribution is -2.55. The van der Waals surface area contributed by atoms with Crippen molar-refractivity contribution in [1.29, 1.82) is 0 Å². The lowest BCUT2D eigenvalue weighted by Gasteiger charge is -2.34. The summed E-state index contributed by atoms with van der Waals surface area (Å²) >= 11 is 0. The molecule has 0 aliphatic carbocycles. The monoisotopic (exact) mass is 680 g/mol. The number of carbonyl (C=O) groups is 3. The van der Waals surface area contributed by atoms with Crippen molar-refractivity contribution in [3.05, 3.63) is 24.3 Å². The van der Waals surface area contributed by atoms with E-state index < -0.39 is 18.1 Å². The van der Waals surface area contributed by atoms with Gasteiger partial charge in [-0.2, -0.15) is 0 Å². The number of allylic oxidation sites excluding steroid dienone is 4. The first kappa shape index (κ1) is 45.8. The van der Waals surface area contributed by atoms with Gasteiger partial charge in [0.25, 0.3) is 0 Å². The fourth-order valence-electron chi connectivity index (χ4n) is 5.51.